The lowest BCUT2D eigenvalue weighted by Crippen LogP contribution is -2.46. The molecule has 1 saturated heterocycles. The predicted octanol–water partition coefficient (Wildman–Crippen LogP) is 4.14. The summed E-state index contributed by atoms with van der Waals surface area (Å²) in [6.07, 6.45) is 1.66. The number of anilines is 1. The number of halogens is 1. The molecule has 0 bridgehead atoms. The molecule has 0 atom stereocenters. The first-order valence-corrected chi connectivity index (χ1v) is 9.59. The van der Waals surface area contributed by atoms with Crippen molar-refractivity contribution < 1.29 is 13.9 Å². The highest BCUT2D eigenvalue weighted by atomic mass is 19.1. The molecule has 0 aromatic heterocycles. The summed E-state index contributed by atoms with van der Waals surface area (Å²) in [5.74, 6) is 0.353. The molecule has 1 heterocycles. The number of piperidine rings is 1. The van der Waals surface area contributed by atoms with Gasteiger partial charge < -0.3 is 15.0 Å². The fraction of sp³-hybridized carbons (Fsp3) is 0.261. The Balaban J connectivity index is 1.25. The van der Waals surface area contributed by atoms with Crippen LogP contribution in [0.25, 0.3) is 10.8 Å². The van der Waals surface area contributed by atoms with E-state index < -0.39 is 0 Å². The van der Waals surface area contributed by atoms with Gasteiger partial charge in [0, 0.05) is 24.8 Å². The van der Waals surface area contributed by atoms with Crippen LogP contribution in [0, 0.1) is 5.82 Å². The Bertz CT molecular complexity index is 967. The largest absolute Gasteiger partial charge is 0.484 e. The van der Waals surface area contributed by atoms with Crippen molar-refractivity contribution >= 4 is 22.4 Å². The summed E-state index contributed by atoms with van der Waals surface area (Å²) in [5.41, 5.74) is 0.893. The SMILES string of the molecule is O=C(COc1ccc2ccccc2c1)NC1CCN(c2cccc(F)c2)CC1. The number of hydrogen-bond acceptors (Lipinski definition) is 3. The van der Waals surface area contributed by atoms with Crippen molar-refractivity contribution in [3.8, 4) is 5.75 Å². The number of carbonyl (C=O) groups excluding carboxylic acids is 1. The van der Waals surface area contributed by atoms with Crippen molar-refractivity contribution in [1.29, 1.82) is 0 Å². The Kier molecular flexibility index (Phi) is 5.42. The van der Waals surface area contributed by atoms with Gasteiger partial charge in [0.15, 0.2) is 6.61 Å². The highest BCUT2D eigenvalue weighted by molar-refractivity contribution is 5.84. The quantitative estimate of drug-likeness (QED) is 0.725. The standard InChI is InChI=1S/C23H23FN2O2/c24-19-6-3-7-21(15-19)26-12-10-20(11-13-26)25-23(27)16-28-22-9-8-17-4-1-2-5-18(17)14-22/h1-9,14-15,20H,10-13,16H2,(H,25,27). The lowest BCUT2D eigenvalue weighted by Gasteiger charge is -2.34. The van der Waals surface area contributed by atoms with Crippen LogP contribution >= 0.6 is 0 Å². The summed E-state index contributed by atoms with van der Waals surface area (Å²) < 4.78 is 19.0. The second kappa shape index (κ2) is 8.30. The van der Waals surface area contributed by atoms with Crippen molar-refractivity contribution in [2.45, 2.75) is 18.9 Å². The number of rotatable bonds is 5. The number of amides is 1. The topological polar surface area (TPSA) is 41.6 Å². The van der Waals surface area contributed by atoms with Crippen molar-refractivity contribution in [3.63, 3.8) is 0 Å². The van der Waals surface area contributed by atoms with Crippen LogP contribution in [0.2, 0.25) is 0 Å². The summed E-state index contributed by atoms with van der Waals surface area (Å²) in [4.78, 5) is 14.4. The Morgan fingerprint density at radius 1 is 1.00 bits per heavy atom. The maximum Gasteiger partial charge on any atom is 0.258 e. The molecule has 1 aliphatic rings. The molecule has 0 spiro atoms. The summed E-state index contributed by atoms with van der Waals surface area (Å²) in [7, 11) is 0. The van der Waals surface area contributed by atoms with Crippen molar-refractivity contribution in [1.82, 2.24) is 5.32 Å². The molecule has 1 aliphatic heterocycles. The van der Waals surface area contributed by atoms with Gasteiger partial charge in [0.1, 0.15) is 11.6 Å². The van der Waals surface area contributed by atoms with Crippen molar-refractivity contribution in [2.75, 3.05) is 24.6 Å². The molecule has 28 heavy (non-hydrogen) atoms. The Morgan fingerprint density at radius 3 is 2.57 bits per heavy atom. The molecule has 0 aliphatic carbocycles. The fourth-order valence-electron chi connectivity index (χ4n) is 3.63. The van der Waals surface area contributed by atoms with Crippen LogP contribution in [0.1, 0.15) is 12.8 Å². The van der Waals surface area contributed by atoms with Gasteiger partial charge in [-0.25, -0.2) is 4.39 Å². The number of ether oxygens (including phenoxy) is 1. The number of hydrogen-bond donors (Lipinski definition) is 1. The molecular formula is C23H23FN2O2. The predicted molar refractivity (Wildman–Crippen MR) is 109 cm³/mol. The smallest absolute Gasteiger partial charge is 0.258 e. The third-order valence-corrected chi connectivity index (χ3v) is 5.12. The number of fused-ring (bicyclic) bond motifs is 1. The normalized spacial score (nSPS) is 14.8. The van der Waals surface area contributed by atoms with Gasteiger partial charge in [-0.1, -0.05) is 36.4 Å². The van der Waals surface area contributed by atoms with E-state index in [1.807, 2.05) is 48.5 Å². The number of nitrogens with one attached hydrogen (secondary N) is 1. The molecule has 5 heteroatoms. The average molecular weight is 378 g/mol. The van der Waals surface area contributed by atoms with E-state index in [0.29, 0.717) is 5.75 Å². The monoisotopic (exact) mass is 378 g/mol. The number of nitrogens with zero attached hydrogens (tertiary/aromatic N) is 1. The lowest BCUT2D eigenvalue weighted by molar-refractivity contribution is -0.123. The Morgan fingerprint density at radius 2 is 1.79 bits per heavy atom. The number of carbonyl (C=O) groups is 1. The van der Waals surface area contributed by atoms with Crippen LogP contribution in [0.3, 0.4) is 0 Å². The molecule has 3 aromatic carbocycles. The maximum absolute atomic E-state index is 13.4. The molecular weight excluding hydrogens is 355 g/mol. The van der Waals surface area contributed by atoms with Gasteiger partial charge in [-0.3, -0.25) is 4.79 Å². The third-order valence-electron chi connectivity index (χ3n) is 5.12. The first-order valence-electron chi connectivity index (χ1n) is 9.59. The average Bonchev–Trinajstić information content (AvgIpc) is 2.73. The second-order valence-electron chi connectivity index (χ2n) is 7.11. The lowest BCUT2D eigenvalue weighted by atomic mass is 10.0. The minimum Gasteiger partial charge on any atom is -0.484 e. The van der Waals surface area contributed by atoms with Crippen molar-refractivity contribution in [3.05, 3.63) is 72.5 Å². The zero-order valence-corrected chi connectivity index (χ0v) is 15.6. The molecule has 4 rings (SSSR count). The summed E-state index contributed by atoms with van der Waals surface area (Å²) in [6, 6.07) is 20.6. The Hall–Kier alpha value is -3.08. The van der Waals surface area contributed by atoms with E-state index in [9.17, 15) is 9.18 Å². The van der Waals surface area contributed by atoms with Gasteiger partial charge in [-0.15, -0.1) is 0 Å². The number of benzene rings is 3. The van der Waals surface area contributed by atoms with Gasteiger partial charge in [-0.05, 0) is 53.9 Å². The van der Waals surface area contributed by atoms with Crippen LogP contribution in [0.15, 0.2) is 66.7 Å². The summed E-state index contributed by atoms with van der Waals surface area (Å²) >= 11 is 0. The van der Waals surface area contributed by atoms with E-state index >= 15 is 0 Å². The van der Waals surface area contributed by atoms with Gasteiger partial charge in [0.05, 0.1) is 0 Å². The summed E-state index contributed by atoms with van der Waals surface area (Å²) in [6.45, 7) is 1.59. The second-order valence-corrected chi connectivity index (χ2v) is 7.11. The van der Waals surface area contributed by atoms with Crippen LogP contribution in [-0.2, 0) is 4.79 Å². The molecule has 1 fully saturated rings. The molecule has 144 valence electrons. The minimum absolute atomic E-state index is 0.00243. The van der Waals surface area contributed by atoms with Crippen molar-refractivity contribution in [2.24, 2.45) is 0 Å². The maximum atomic E-state index is 13.4. The Labute approximate surface area is 163 Å². The van der Waals surface area contributed by atoms with Gasteiger partial charge >= 0.3 is 0 Å². The molecule has 1 amide bonds. The van der Waals surface area contributed by atoms with E-state index in [-0.39, 0.29) is 24.4 Å². The van der Waals surface area contributed by atoms with E-state index in [0.717, 1.165) is 42.4 Å². The molecule has 4 nitrogen and oxygen atoms in total. The van der Waals surface area contributed by atoms with E-state index in [2.05, 4.69) is 10.2 Å². The van der Waals surface area contributed by atoms with Gasteiger partial charge in [0.2, 0.25) is 0 Å². The van der Waals surface area contributed by atoms with Crippen LogP contribution < -0.4 is 15.0 Å². The minimum atomic E-state index is -0.223. The molecule has 3 aromatic rings. The van der Waals surface area contributed by atoms with E-state index in [4.69, 9.17) is 4.74 Å². The summed E-state index contributed by atoms with van der Waals surface area (Å²) in [5, 5.41) is 5.28. The van der Waals surface area contributed by atoms with Crippen LogP contribution in [-0.4, -0.2) is 31.6 Å². The first-order chi connectivity index (χ1) is 13.7. The van der Waals surface area contributed by atoms with Crippen LogP contribution in [0.5, 0.6) is 5.75 Å². The highest BCUT2D eigenvalue weighted by Crippen LogP contribution is 2.22. The highest BCUT2D eigenvalue weighted by Gasteiger charge is 2.21. The molecule has 0 saturated carbocycles. The van der Waals surface area contributed by atoms with Crippen LogP contribution in [0.4, 0.5) is 10.1 Å². The van der Waals surface area contributed by atoms with Gasteiger partial charge in [0.25, 0.3) is 5.91 Å². The molecule has 0 radical (unpaired) electrons. The third kappa shape index (κ3) is 4.42. The zero-order chi connectivity index (χ0) is 19.3. The zero-order valence-electron chi connectivity index (χ0n) is 15.6. The first kappa shape index (κ1) is 18.3. The van der Waals surface area contributed by atoms with Gasteiger partial charge in [-0.2, -0.15) is 0 Å². The molecule has 0 unspecified atom stereocenters. The van der Waals surface area contributed by atoms with E-state index in [1.54, 1.807) is 12.1 Å². The fourth-order valence-corrected chi connectivity index (χ4v) is 3.63. The van der Waals surface area contributed by atoms with E-state index in [1.165, 1.54) is 6.07 Å². The molecule has 1 N–H and O–H groups in total.